The van der Waals surface area contributed by atoms with E-state index in [0.717, 1.165) is 25.7 Å². The molecule has 1 atom stereocenters. The van der Waals surface area contributed by atoms with E-state index in [0.29, 0.717) is 25.3 Å². The van der Waals surface area contributed by atoms with Gasteiger partial charge in [-0.1, -0.05) is 6.92 Å². The van der Waals surface area contributed by atoms with Crippen LogP contribution >= 0.6 is 0 Å². The highest BCUT2D eigenvalue weighted by Crippen LogP contribution is 2.29. The first-order valence-corrected chi connectivity index (χ1v) is 11.8. The third kappa shape index (κ3) is 4.66. The number of aromatic nitrogens is 1. The van der Waals surface area contributed by atoms with Crippen molar-refractivity contribution in [1.29, 1.82) is 0 Å². The maximum Gasteiger partial charge on any atom is 0.354 e. The average molecular weight is 426 g/mol. The average Bonchev–Trinajstić information content (AvgIpc) is 3.31. The molecule has 1 aliphatic carbocycles. The van der Waals surface area contributed by atoms with Crippen molar-refractivity contribution in [2.75, 3.05) is 13.2 Å². The zero-order valence-corrected chi connectivity index (χ0v) is 18.2. The monoisotopic (exact) mass is 425 g/mol. The molecule has 2 heterocycles. The van der Waals surface area contributed by atoms with Crippen LogP contribution in [0.15, 0.2) is 17.2 Å². The number of amides is 1. The van der Waals surface area contributed by atoms with Gasteiger partial charge in [0.1, 0.15) is 16.6 Å². The second-order valence-corrected chi connectivity index (χ2v) is 10.0. The zero-order chi connectivity index (χ0) is 21.2. The number of hydrogen-bond acceptors (Lipinski definition) is 5. The molecule has 1 saturated heterocycles. The molecule has 1 aromatic heterocycles. The van der Waals surface area contributed by atoms with Crippen molar-refractivity contribution in [3.63, 3.8) is 0 Å². The molecule has 0 unspecified atom stereocenters. The summed E-state index contributed by atoms with van der Waals surface area (Å²) < 4.78 is 34.1. The van der Waals surface area contributed by atoms with Gasteiger partial charge in [0.25, 0.3) is 0 Å². The van der Waals surface area contributed by atoms with Gasteiger partial charge in [-0.3, -0.25) is 4.79 Å². The Labute approximate surface area is 172 Å². The SMILES string of the molecule is CCOC(=O)c1cc(S(=O)(=O)N2CCC[C@H]2C(=O)NC2CCC(C)CC2)cn1C. The summed E-state index contributed by atoms with van der Waals surface area (Å²) in [6.07, 6.45) is 6.58. The van der Waals surface area contributed by atoms with E-state index in [4.69, 9.17) is 4.74 Å². The Kier molecular flexibility index (Phi) is 6.68. The van der Waals surface area contributed by atoms with Crippen molar-refractivity contribution < 1.29 is 22.7 Å². The van der Waals surface area contributed by atoms with Gasteiger partial charge in [0.15, 0.2) is 0 Å². The van der Waals surface area contributed by atoms with Crippen molar-refractivity contribution in [3.05, 3.63) is 18.0 Å². The van der Waals surface area contributed by atoms with Gasteiger partial charge in [0.05, 0.1) is 6.61 Å². The molecule has 0 aromatic carbocycles. The van der Waals surface area contributed by atoms with Gasteiger partial charge in [-0.05, 0) is 57.4 Å². The minimum atomic E-state index is -3.89. The predicted octanol–water partition coefficient (Wildman–Crippen LogP) is 2.05. The van der Waals surface area contributed by atoms with Crippen LogP contribution in [0.5, 0.6) is 0 Å². The van der Waals surface area contributed by atoms with Gasteiger partial charge in [0, 0.05) is 25.8 Å². The van der Waals surface area contributed by atoms with E-state index in [1.165, 1.54) is 21.1 Å². The Balaban J connectivity index is 1.75. The van der Waals surface area contributed by atoms with Gasteiger partial charge in [-0.2, -0.15) is 4.31 Å². The summed E-state index contributed by atoms with van der Waals surface area (Å²) in [5.74, 6) is -0.107. The Morgan fingerprint density at radius 3 is 2.55 bits per heavy atom. The lowest BCUT2D eigenvalue weighted by Gasteiger charge is -2.29. The highest BCUT2D eigenvalue weighted by Gasteiger charge is 2.41. The Morgan fingerprint density at radius 2 is 1.90 bits per heavy atom. The van der Waals surface area contributed by atoms with Crippen LogP contribution in [0.2, 0.25) is 0 Å². The second-order valence-electron chi connectivity index (χ2n) is 8.13. The molecule has 2 aliphatic rings. The summed E-state index contributed by atoms with van der Waals surface area (Å²) in [4.78, 5) is 24.9. The summed E-state index contributed by atoms with van der Waals surface area (Å²) in [6, 6.07) is 0.741. The molecule has 1 aliphatic heterocycles. The molecular weight excluding hydrogens is 394 g/mol. The van der Waals surface area contributed by atoms with Gasteiger partial charge in [-0.15, -0.1) is 0 Å². The third-order valence-electron chi connectivity index (χ3n) is 5.94. The number of rotatable bonds is 6. The Bertz CT molecular complexity index is 855. The number of nitrogens with zero attached hydrogens (tertiary/aromatic N) is 2. The summed E-state index contributed by atoms with van der Waals surface area (Å²) in [6.45, 7) is 4.42. The van der Waals surface area contributed by atoms with Crippen LogP contribution in [0.3, 0.4) is 0 Å². The van der Waals surface area contributed by atoms with Crippen molar-refractivity contribution in [3.8, 4) is 0 Å². The Morgan fingerprint density at radius 1 is 1.21 bits per heavy atom. The highest BCUT2D eigenvalue weighted by molar-refractivity contribution is 7.89. The summed E-state index contributed by atoms with van der Waals surface area (Å²) >= 11 is 0. The van der Waals surface area contributed by atoms with Crippen LogP contribution in [0, 0.1) is 5.92 Å². The van der Waals surface area contributed by atoms with E-state index in [-0.39, 0.29) is 29.1 Å². The van der Waals surface area contributed by atoms with Gasteiger partial charge in [0.2, 0.25) is 15.9 Å². The first-order chi connectivity index (χ1) is 13.7. The minimum absolute atomic E-state index is 0.00856. The maximum absolute atomic E-state index is 13.2. The molecule has 8 nitrogen and oxygen atoms in total. The number of hydrogen-bond donors (Lipinski definition) is 1. The van der Waals surface area contributed by atoms with E-state index >= 15 is 0 Å². The van der Waals surface area contributed by atoms with Crippen molar-refractivity contribution in [2.45, 2.75) is 69.4 Å². The van der Waals surface area contributed by atoms with Gasteiger partial charge in [-0.25, -0.2) is 13.2 Å². The second kappa shape index (κ2) is 8.87. The zero-order valence-electron chi connectivity index (χ0n) is 17.4. The van der Waals surface area contributed by atoms with Crippen LogP contribution < -0.4 is 5.32 Å². The lowest BCUT2D eigenvalue weighted by Crippen LogP contribution is -2.49. The smallest absolute Gasteiger partial charge is 0.354 e. The van der Waals surface area contributed by atoms with E-state index in [2.05, 4.69) is 12.2 Å². The van der Waals surface area contributed by atoms with Crippen LogP contribution in [-0.2, 0) is 26.6 Å². The first-order valence-electron chi connectivity index (χ1n) is 10.4. The molecule has 29 heavy (non-hydrogen) atoms. The first kappa shape index (κ1) is 21.8. The van der Waals surface area contributed by atoms with Gasteiger partial charge >= 0.3 is 5.97 Å². The number of esters is 1. The quantitative estimate of drug-likeness (QED) is 0.704. The topological polar surface area (TPSA) is 97.7 Å². The van der Waals surface area contributed by atoms with Crippen LogP contribution in [0.4, 0.5) is 0 Å². The molecule has 2 fully saturated rings. The highest BCUT2D eigenvalue weighted by atomic mass is 32.2. The van der Waals surface area contributed by atoms with E-state index in [1.54, 1.807) is 14.0 Å². The lowest BCUT2D eigenvalue weighted by atomic mass is 9.87. The number of aryl methyl sites for hydroxylation is 1. The summed E-state index contributed by atoms with van der Waals surface area (Å²) in [5.41, 5.74) is 0.168. The fourth-order valence-corrected chi connectivity index (χ4v) is 5.94. The van der Waals surface area contributed by atoms with E-state index in [9.17, 15) is 18.0 Å². The number of carbonyl (C=O) groups excluding carboxylic acids is 2. The fraction of sp³-hybridized carbons (Fsp3) is 0.700. The summed E-state index contributed by atoms with van der Waals surface area (Å²) in [7, 11) is -2.29. The molecule has 0 bridgehead atoms. The minimum Gasteiger partial charge on any atom is -0.461 e. The number of nitrogens with one attached hydrogen (secondary N) is 1. The van der Waals surface area contributed by atoms with Crippen LogP contribution in [0.25, 0.3) is 0 Å². The van der Waals surface area contributed by atoms with Gasteiger partial charge < -0.3 is 14.6 Å². The third-order valence-corrected chi connectivity index (χ3v) is 7.81. The molecule has 1 N–H and O–H groups in total. The number of carbonyl (C=O) groups is 2. The normalized spacial score (nSPS) is 25.7. The Hall–Kier alpha value is -1.87. The molecule has 1 amide bonds. The van der Waals surface area contributed by atoms with Crippen molar-refractivity contribution in [2.24, 2.45) is 13.0 Å². The lowest BCUT2D eigenvalue weighted by molar-refractivity contribution is -0.125. The van der Waals surface area contributed by atoms with Crippen molar-refractivity contribution >= 4 is 21.9 Å². The predicted molar refractivity (Wildman–Crippen MR) is 108 cm³/mol. The van der Waals surface area contributed by atoms with E-state index < -0.39 is 22.0 Å². The number of ether oxygens (including phenoxy) is 1. The largest absolute Gasteiger partial charge is 0.461 e. The molecule has 9 heteroatoms. The molecule has 1 saturated carbocycles. The summed E-state index contributed by atoms with van der Waals surface area (Å²) in [5, 5.41) is 3.06. The standard InChI is InChI=1S/C20H31N3O5S/c1-4-28-20(25)18-12-16(13-22(18)3)29(26,27)23-11-5-6-17(23)19(24)21-15-9-7-14(2)8-10-15/h12-15,17H,4-11H2,1-3H3,(H,21,24)/t14?,15?,17-/m0/s1. The number of sulfonamides is 1. The van der Waals surface area contributed by atoms with Crippen LogP contribution in [0.1, 0.15) is 62.9 Å². The van der Waals surface area contributed by atoms with E-state index in [1.807, 2.05) is 0 Å². The maximum atomic E-state index is 13.2. The van der Waals surface area contributed by atoms with Crippen molar-refractivity contribution in [1.82, 2.24) is 14.2 Å². The molecule has 3 rings (SSSR count). The molecule has 1 aromatic rings. The fourth-order valence-electron chi connectivity index (χ4n) is 4.21. The molecular formula is C20H31N3O5S. The molecule has 162 valence electrons. The molecule has 0 radical (unpaired) electrons. The van der Waals surface area contributed by atoms with Crippen LogP contribution in [-0.4, -0.2) is 54.4 Å². The molecule has 0 spiro atoms.